The van der Waals surface area contributed by atoms with Crippen LogP contribution in [0.4, 0.5) is 0 Å². The van der Waals surface area contributed by atoms with Crippen LogP contribution in [-0.4, -0.2) is 41.3 Å². The van der Waals surface area contributed by atoms with E-state index < -0.39 is 0 Å². The molecule has 7 heteroatoms. The van der Waals surface area contributed by atoms with Gasteiger partial charge in [-0.15, -0.1) is 10.2 Å². The van der Waals surface area contributed by atoms with Crippen LogP contribution in [0, 0.1) is 5.92 Å². The van der Waals surface area contributed by atoms with Gasteiger partial charge in [0.25, 0.3) is 0 Å². The number of esters is 1. The van der Waals surface area contributed by atoms with Crippen molar-refractivity contribution in [3.05, 3.63) is 35.2 Å². The molecule has 128 valence electrons. The minimum Gasteiger partial charge on any atom is -0.469 e. The van der Waals surface area contributed by atoms with E-state index in [-0.39, 0.29) is 17.9 Å². The molecule has 2 aromatic rings. The number of nitrogens with zero attached hydrogens (tertiary/aromatic N) is 3. The summed E-state index contributed by atoms with van der Waals surface area (Å²) in [7, 11) is 1.44. The highest BCUT2D eigenvalue weighted by Gasteiger charge is 2.30. The van der Waals surface area contributed by atoms with Gasteiger partial charge < -0.3 is 9.15 Å². The third kappa shape index (κ3) is 3.60. The number of aromatic nitrogens is 2. The van der Waals surface area contributed by atoms with Crippen molar-refractivity contribution in [3.63, 3.8) is 0 Å². The van der Waals surface area contributed by atoms with Crippen LogP contribution in [0.3, 0.4) is 0 Å². The van der Waals surface area contributed by atoms with Crippen LogP contribution in [0.5, 0.6) is 0 Å². The predicted molar refractivity (Wildman–Crippen MR) is 89.5 cm³/mol. The molecule has 0 saturated carbocycles. The van der Waals surface area contributed by atoms with Crippen LogP contribution in [-0.2, 0) is 9.53 Å². The molecule has 0 radical (unpaired) electrons. The first kappa shape index (κ1) is 16.9. The highest BCUT2D eigenvalue weighted by Crippen LogP contribution is 2.29. The van der Waals surface area contributed by atoms with Crippen molar-refractivity contribution in [2.45, 2.75) is 25.8 Å². The smallest absolute Gasteiger partial charge is 0.308 e. The molecule has 1 fully saturated rings. The van der Waals surface area contributed by atoms with Crippen LogP contribution in [0.2, 0.25) is 5.02 Å². The maximum Gasteiger partial charge on any atom is 0.308 e. The van der Waals surface area contributed by atoms with E-state index in [9.17, 15) is 4.79 Å². The largest absolute Gasteiger partial charge is 0.469 e. The molecule has 0 amide bonds. The van der Waals surface area contributed by atoms with Crippen molar-refractivity contribution in [2.24, 2.45) is 5.92 Å². The number of carbonyl (C=O) groups excluding carboxylic acids is 1. The van der Waals surface area contributed by atoms with Crippen LogP contribution in [0.1, 0.15) is 31.7 Å². The second-order valence-corrected chi connectivity index (χ2v) is 6.40. The minimum atomic E-state index is -0.122. The number of methoxy groups -OCH3 is 1. The first-order valence-electron chi connectivity index (χ1n) is 7.99. The standard InChI is InChI=1S/C17H20ClN3O3/c1-11(21-8-6-12(7-9-21)17(22)23-2)15-19-20-16(24-15)13-4-3-5-14(18)10-13/h3-5,10-12H,6-9H2,1-2H3/t11-/m0/s1. The Labute approximate surface area is 145 Å². The Balaban J connectivity index is 1.66. The first-order valence-corrected chi connectivity index (χ1v) is 8.37. The van der Waals surface area contributed by atoms with Gasteiger partial charge in [0.2, 0.25) is 11.8 Å². The molecule has 24 heavy (non-hydrogen) atoms. The molecular weight excluding hydrogens is 330 g/mol. The molecule has 1 atom stereocenters. The second kappa shape index (κ2) is 7.32. The Morgan fingerprint density at radius 1 is 1.38 bits per heavy atom. The Morgan fingerprint density at radius 2 is 2.12 bits per heavy atom. The highest BCUT2D eigenvalue weighted by atomic mass is 35.5. The Kier molecular flexibility index (Phi) is 5.16. The van der Waals surface area contributed by atoms with Gasteiger partial charge in [-0.25, -0.2) is 0 Å². The van der Waals surface area contributed by atoms with E-state index in [4.69, 9.17) is 20.8 Å². The lowest BCUT2D eigenvalue weighted by Crippen LogP contribution is -2.38. The fourth-order valence-corrected chi connectivity index (χ4v) is 3.18. The van der Waals surface area contributed by atoms with Crippen molar-refractivity contribution in [2.75, 3.05) is 20.2 Å². The Morgan fingerprint density at radius 3 is 2.79 bits per heavy atom. The average Bonchev–Trinajstić information content (AvgIpc) is 3.10. The molecule has 0 aliphatic carbocycles. The Hall–Kier alpha value is -1.92. The van der Waals surface area contributed by atoms with E-state index >= 15 is 0 Å². The molecule has 0 N–H and O–H groups in total. The van der Waals surface area contributed by atoms with Gasteiger partial charge in [0.1, 0.15) is 0 Å². The normalized spacial score (nSPS) is 17.6. The lowest BCUT2D eigenvalue weighted by molar-refractivity contribution is -0.147. The number of hydrogen-bond donors (Lipinski definition) is 0. The molecule has 0 spiro atoms. The molecule has 0 bridgehead atoms. The zero-order valence-electron chi connectivity index (χ0n) is 13.7. The minimum absolute atomic E-state index is 0.00373. The molecular formula is C17H20ClN3O3. The number of halogens is 1. The summed E-state index contributed by atoms with van der Waals surface area (Å²) < 4.78 is 10.6. The second-order valence-electron chi connectivity index (χ2n) is 5.97. The van der Waals surface area contributed by atoms with Crippen LogP contribution in [0.15, 0.2) is 28.7 Å². The number of carbonyl (C=O) groups is 1. The molecule has 1 aliphatic heterocycles. The summed E-state index contributed by atoms with van der Waals surface area (Å²) in [5.74, 6) is 0.900. The van der Waals surface area contributed by atoms with Gasteiger partial charge in [-0.3, -0.25) is 9.69 Å². The van der Waals surface area contributed by atoms with Gasteiger partial charge in [0, 0.05) is 10.6 Å². The van der Waals surface area contributed by atoms with Crippen molar-refractivity contribution in [1.82, 2.24) is 15.1 Å². The van der Waals surface area contributed by atoms with Gasteiger partial charge in [-0.2, -0.15) is 0 Å². The maximum atomic E-state index is 11.6. The molecule has 6 nitrogen and oxygen atoms in total. The molecule has 1 aromatic heterocycles. The van der Waals surface area contributed by atoms with Crippen LogP contribution in [0.25, 0.3) is 11.5 Å². The third-order valence-corrected chi connectivity index (χ3v) is 4.72. The topological polar surface area (TPSA) is 68.5 Å². The molecule has 1 saturated heterocycles. The molecule has 3 rings (SSSR count). The summed E-state index contributed by atoms with van der Waals surface area (Å²) in [6.45, 7) is 3.64. The van der Waals surface area contributed by atoms with E-state index in [0.717, 1.165) is 31.5 Å². The molecule has 1 aliphatic rings. The highest BCUT2D eigenvalue weighted by molar-refractivity contribution is 6.30. The van der Waals surface area contributed by atoms with Gasteiger partial charge in [0.15, 0.2) is 0 Å². The van der Waals surface area contributed by atoms with Crippen LogP contribution < -0.4 is 0 Å². The SMILES string of the molecule is COC(=O)C1CCN([C@@H](C)c2nnc(-c3cccc(Cl)c3)o2)CC1. The molecule has 1 aromatic carbocycles. The summed E-state index contributed by atoms with van der Waals surface area (Å²) in [6, 6.07) is 7.34. The summed E-state index contributed by atoms with van der Waals surface area (Å²) in [6.07, 6.45) is 1.57. The van der Waals surface area contributed by atoms with E-state index in [0.29, 0.717) is 16.8 Å². The van der Waals surface area contributed by atoms with Crippen LogP contribution >= 0.6 is 11.6 Å². The van der Waals surface area contributed by atoms with Crippen molar-refractivity contribution >= 4 is 17.6 Å². The summed E-state index contributed by atoms with van der Waals surface area (Å²) >= 11 is 6.00. The van der Waals surface area contributed by atoms with Crippen molar-refractivity contribution in [1.29, 1.82) is 0 Å². The van der Waals surface area contributed by atoms with Gasteiger partial charge >= 0.3 is 5.97 Å². The quantitative estimate of drug-likeness (QED) is 0.788. The van der Waals surface area contributed by atoms with E-state index in [1.54, 1.807) is 12.1 Å². The summed E-state index contributed by atoms with van der Waals surface area (Å²) in [5.41, 5.74) is 0.804. The van der Waals surface area contributed by atoms with Gasteiger partial charge in [-0.05, 0) is 51.1 Å². The number of rotatable bonds is 4. The fraction of sp³-hybridized carbons (Fsp3) is 0.471. The lowest BCUT2D eigenvalue weighted by atomic mass is 9.96. The predicted octanol–water partition coefficient (Wildman–Crippen LogP) is 3.34. The average molecular weight is 350 g/mol. The lowest BCUT2D eigenvalue weighted by Gasteiger charge is -2.33. The van der Waals surface area contributed by atoms with Gasteiger partial charge in [0.05, 0.1) is 19.1 Å². The molecule has 2 heterocycles. The number of piperidine rings is 1. The maximum absolute atomic E-state index is 11.6. The number of benzene rings is 1. The zero-order chi connectivity index (χ0) is 17.1. The van der Waals surface area contributed by atoms with Gasteiger partial charge in [-0.1, -0.05) is 17.7 Å². The van der Waals surface area contributed by atoms with E-state index in [1.165, 1.54) is 7.11 Å². The summed E-state index contributed by atoms with van der Waals surface area (Å²) in [4.78, 5) is 13.9. The van der Waals surface area contributed by atoms with E-state index in [2.05, 4.69) is 15.1 Å². The summed E-state index contributed by atoms with van der Waals surface area (Å²) in [5, 5.41) is 8.93. The fourth-order valence-electron chi connectivity index (χ4n) is 2.99. The molecule has 0 unspecified atom stereocenters. The Bertz CT molecular complexity index is 711. The number of hydrogen-bond acceptors (Lipinski definition) is 6. The van der Waals surface area contributed by atoms with Crippen molar-refractivity contribution < 1.29 is 13.9 Å². The monoisotopic (exact) mass is 349 g/mol. The number of ether oxygens (including phenoxy) is 1. The number of likely N-dealkylation sites (tertiary alicyclic amines) is 1. The zero-order valence-corrected chi connectivity index (χ0v) is 14.5. The first-order chi connectivity index (χ1) is 11.6. The van der Waals surface area contributed by atoms with Crippen molar-refractivity contribution in [3.8, 4) is 11.5 Å². The third-order valence-electron chi connectivity index (χ3n) is 4.48. The van der Waals surface area contributed by atoms with E-state index in [1.807, 2.05) is 19.1 Å².